The van der Waals surface area contributed by atoms with Crippen LogP contribution in [0.25, 0.3) is 0 Å². The minimum Gasteiger partial charge on any atom is -0.462 e. The van der Waals surface area contributed by atoms with Crippen molar-refractivity contribution in [3.63, 3.8) is 0 Å². The lowest BCUT2D eigenvalue weighted by atomic mass is 10.1. The van der Waals surface area contributed by atoms with E-state index in [0.717, 1.165) is 173 Å². The number of aliphatic hydroxyl groups excluding tert-OH is 1. The van der Waals surface area contributed by atoms with Crippen LogP contribution in [-0.2, 0) is 65.4 Å². The predicted octanol–water partition coefficient (Wildman–Crippen LogP) is 22.1. The van der Waals surface area contributed by atoms with Crippen molar-refractivity contribution in [2.24, 2.45) is 0 Å². The molecular weight excluding hydrogens is 1310 g/mol. The fraction of sp³-hybridized carbons (Fsp3) is 0.679. The lowest BCUT2D eigenvalue weighted by Crippen LogP contribution is -2.30. The van der Waals surface area contributed by atoms with Crippen LogP contribution in [0.3, 0.4) is 0 Å². The first-order valence-electron chi connectivity index (χ1n) is 38.4. The maximum Gasteiger partial charge on any atom is 0.472 e. The molecule has 0 bridgehead atoms. The Kier molecular flexibility index (Phi) is 69.1. The molecule has 0 saturated heterocycles. The summed E-state index contributed by atoms with van der Waals surface area (Å²) in [5, 5.41) is 10.6. The number of ether oxygens (including phenoxy) is 4. The third-order valence-corrected chi connectivity index (χ3v) is 17.5. The van der Waals surface area contributed by atoms with Gasteiger partial charge in [-0.05, 0) is 141 Å². The number of phosphoric acid groups is 2. The number of carbonyl (C=O) groups excluding carboxylic acids is 4. The second kappa shape index (κ2) is 72.5. The van der Waals surface area contributed by atoms with Crippen LogP contribution in [0.1, 0.15) is 297 Å². The third-order valence-electron chi connectivity index (χ3n) is 15.6. The van der Waals surface area contributed by atoms with Crippen molar-refractivity contribution in [1.82, 2.24) is 0 Å². The smallest absolute Gasteiger partial charge is 0.462 e. The molecule has 0 radical (unpaired) electrons. The zero-order valence-electron chi connectivity index (χ0n) is 62.3. The zero-order valence-corrected chi connectivity index (χ0v) is 64.1. The van der Waals surface area contributed by atoms with E-state index in [1.807, 2.05) is 18.2 Å². The van der Waals surface area contributed by atoms with Gasteiger partial charge in [-0.3, -0.25) is 37.3 Å². The summed E-state index contributed by atoms with van der Waals surface area (Å²) >= 11 is 0. The summed E-state index contributed by atoms with van der Waals surface area (Å²) < 4.78 is 68.3. The summed E-state index contributed by atoms with van der Waals surface area (Å²) in [6.07, 6.45) is 80.3. The van der Waals surface area contributed by atoms with Gasteiger partial charge in [0, 0.05) is 25.7 Å². The van der Waals surface area contributed by atoms with Crippen LogP contribution < -0.4 is 0 Å². The summed E-state index contributed by atoms with van der Waals surface area (Å²) in [5.41, 5.74) is 0. The molecule has 0 fully saturated rings. The predicted molar refractivity (Wildman–Crippen MR) is 408 cm³/mol. The normalized spacial score (nSPS) is 14.7. The van der Waals surface area contributed by atoms with E-state index in [1.54, 1.807) is 0 Å². The van der Waals surface area contributed by atoms with Crippen molar-refractivity contribution in [2.75, 3.05) is 39.6 Å². The Morgan fingerprint density at radius 3 is 0.900 bits per heavy atom. The fourth-order valence-corrected chi connectivity index (χ4v) is 11.3. The average molecular weight is 1440 g/mol. The Morgan fingerprint density at radius 1 is 0.290 bits per heavy atom. The van der Waals surface area contributed by atoms with E-state index in [4.69, 9.17) is 37.0 Å². The molecule has 17 nitrogen and oxygen atoms in total. The van der Waals surface area contributed by atoms with Crippen molar-refractivity contribution in [1.29, 1.82) is 0 Å². The highest BCUT2D eigenvalue weighted by Crippen LogP contribution is 2.45. The van der Waals surface area contributed by atoms with Crippen LogP contribution in [0.4, 0.5) is 0 Å². The Labute approximate surface area is 605 Å². The number of hydrogen-bond acceptors (Lipinski definition) is 15. The molecule has 0 spiro atoms. The molecule has 100 heavy (non-hydrogen) atoms. The quantitative estimate of drug-likeness (QED) is 0.0169. The molecule has 0 heterocycles. The Hall–Kier alpha value is -4.80. The summed E-state index contributed by atoms with van der Waals surface area (Å²) in [4.78, 5) is 72.8. The van der Waals surface area contributed by atoms with E-state index in [-0.39, 0.29) is 25.7 Å². The molecule has 5 unspecified atom stereocenters. The maximum absolute atomic E-state index is 13.1. The molecule has 0 amide bonds. The van der Waals surface area contributed by atoms with Crippen LogP contribution in [0, 0.1) is 0 Å². The molecule has 0 aliphatic carbocycles. The van der Waals surface area contributed by atoms with Crippen molar-refractivity contribution in [2.45, 2.75) is 316 Å². The monoisotopic (exact) mass is 1440 g/mol. The molecule has 0 aliphatic rings. The van der Waals surface area contributed by atoms with Crippen molar-refractivity contribution >= 4 is 39.5 Å². The van der Waals surface area contributed by atoms with Crippen LogP contribution in [-0.4, -0.2) is 96.7 Å². The van der Waals surface area contributed by atoms with Gasteiger partial charge in [0.05, 0.1) is 26.4 Å². The topological polar surface area (TPSA) is 237 Å². The number of carbonyl (C=O) groups is 4. The van der Waals surface area contributed by atoms with Gasteiger partial charge >= 0.3 is 39.5 Å². The van der Waals surface area contributed by atoms with Crippen molar-refractivity contribution < 1.29 is 80.2 Å². The first kappa shape index (κ1) is 95.2. The standard InChI is InChI=1S/C81H136O17P2/c1-5-9-13-17-21-25-29-32-34-36-37-39-41-44-47-50-54-58-62-66-78(83)91-71-76(97-80(85)67-63-59-55-51-45-28-24-20-16-12-8-4)73-95-99(87,88)93-69-75(82)70-94-100(89,90)96-74-77(98-81(86)68-64-60-56-52-48-42-31-27-23-19-15-11-7-3)72-92-79(84)65-61-57-53-49-46-43-40-38-35-33-30-26-22-18-14-10-6-2/h9-10,13-14,20-22,24-27,31-35,37,39,44,47,54,58,75-77,82H,5-8,11-12,15-19,23,28-30,36,38,40-43,45-46,48-53,55-57,59-74H2,1-4H3,(H,87,88)(H,89,90)/b13-9-,14-10-,24-20-,25-21-,26-22-,31-27-,34-32-,35-33-,39-37-,47-44-,58-54-. The van der Waals surface area contributed by atoms with E-state index in [1.165, 1.54) is 38.5 Å². The molecule has 0 saturated carbocycles. The van der Waals surface area contributed by atoms with Crippen LogP contribution in [0.5, 0.6) is 0 Å². The third kappa shape index (κ3) is 71.6. The van der Waals surface area contributed by atoms with E-state index < -0.39 is 97.5 Å². The summed E-state index contributed by atoms with van der Waals surface area (Å²) in [6.45, 7) is 4.47. The number of aliphatic hydroxyl groups is 1. The number of phosphoric ester groups is 2. The van der Waals surface area contributed by atoms with Gasteiger partial charge < -0.3 is 33.8 Å². The van der Waals surface area contributed by atoms with Gasteiger partial charge in [-0.2, -0.15) is 0 Å². The highest BCUT2D eigenvalue weighted by molar-refractivity contribution is 7.47. The van der Waals surface area contributed by atoms with E-state index >= 15 is 0 Å². The van der Waals surface area contributed by atoms with Gasteiger partial charge in [0.2, 0.25) is 0 Å². The summed E-state index contributed by atoms with van der Waals surface area (Å²) in [6, 6.07) is 0. The zero-order chi connectivity index (χ0) is 73.2. The van der Waals surface area contributed by atoms with Crippen LogP contribution >= 0.6 is 15.6 Å². The molecule has 3 N–H and O–H groups in total. The van der Waals surface area contributed by atoms with Gasteiger partial charge in [0.15, 0.2) is 12.2 Å². The van der Waals surface area contributed by atoms with Gasteiger partial charge in [-0.15, -0.1) is 0 Å². The van der Waals surface area contributed by atoms with E-state index in [2.05, 4.69) is 143 Å². The maximum atomic E-state index is 13.1. The molecule has 0 aromatic heterocycles. The molecule has 0 aromatic rings. The van der Waals surface area contributed by atoms with Crippen LogP contribution in [0.15, 0.2) is 134 Å². The highest BCUT2D eigenvalue weighted by Gasteiger charge is 2.30. The van der Waals surface area contributed by atoms with Crippen molar-refractivity contribution in [3.05, 3.63) is 134 Å². The van der Waals surface area contributed by atoms with Gasteiger partial charge in [-0.25, -0.2) is 9.13 Å². The first-order chi connectivity index (χ1) is 48.7. The molecule has 0 rings (SSSR count). The van der Waals surface area contributed by atoms with Crippen molar-refractivity contribution in [3.8, 4) is 0 Å². The number of allylic oxidation sites excluding steroid dienone is 22. The molecule has 19 heteroatoms. The first-order valence-corrected chi connectivity index (χ1v) is 41.4. The second-order valence-electron chi connectivity index (χ2n) is 25.2. The molecule has 5 atom stereocenters. The number of esters is 4. The largest absolute Gasteiger partial charge is 0.472 e. The number of unbranched alkanes of at least 4 members (excludes halogenated alkanes) is 23. The Morgan fingerprint density at radius 2 is 0.550 bits per heavy atom. The molecule has 572 valence electrons. The fourth-order valence-electron chi connectivity index (χ4n) is 9.76. The lowest BCUT2D eigenvalue weighted by Gasteiger charge is -2.21. The SMILES string of the molecule is CC/C=C\C/C=C\C/C=C\C/C=C\C/C=C\C/C=C\CCC(=O)OCC(COP(=O)(O)OCC(O)COP(=O)(O)OCC(COC(=O)CCCCCCCCC/C=C\C/C=C\C/C=C\CC)OC(=O)CCCCCCC/C=C\CCCCCC)OC(=O)CCCCCCC/C=C\CCCC. The summed E-state index contributed by atoms with van der Waals surface area (Å²) in [7, 11) is -9.98. The van der Waals surface area contributed by atoms with Crippen LogP contribution in [0.2, 0.25) is 0 Å². The number of rotatable bonds is 71. The van der Waals surface area contributed by atoms with Gasteiger partial charge in [0.1, 0.15) is 19.3 Å². The Balaban J connectivity index is 5.38. The highest BCUT2D eigenvalue weighted by atomic mass is 31.2. The minimum atomic E-state index is -4.99. The molecule has 0 aromatic carbocycles. The van der Waals surface area contributed by atoms with Gasteiger partial charge in [0.25, 0.3) is 0 Å². The summed E-state index contributed by atoms with van der Waals surface area (Å²) in [5.74, 6) is -2.30. The number of hydrogen-bond donors (Lipinski definition) is 3. The average Bonchev–Trinajstić information content (AvgIpc) is 1.02. The van der Waals surface area contributed by atoms with E-state index in [0.29, 0.717) is 32.1 Å². The molecule has 0 aliphatic heterocycles. The molecular formula is C81H136O17P2. The van der Waals surface area contributed by atoms with Gasteiger partial charge in [-0.1, -0.05) is 264 Å². The second-order valence-corrected chi connectivity index (χ2v) is 28.1. The van der Waals surface area contributed by atoms with E-state index in [9.17, 15) is 43.2 Å². The lowest BCUT2D eigenvalue weighted by molar-refractivity contribution is -0.161. The Bertz CT molecular complexity index is 2420. The minimum absolute atomic E-state index is 0.0320.